The molecule has 0 aliphatic carbocycles. The summed E-state index contributed by atoms with van der Waals surface area (Å²) in [6.45, 7) is 4.70. The number of likely N-dealkylation sites (N-methyl/N-ethyl adjacent to an activating group) is 1. The summed E-state index contributed by atoms with van der Waals surface area (Å²) in [4.78, 5) is 23.3. The number of unbranched alkanes of at least 4 members (excludes halogenated alkanes) is 34. The molecule has 3 N–H and O–H groups in total. The first-order chi connectivity index (χ1) is 36.0. The minimum absolute atomic E-state index is 0.0561. The van der Waals surface area contributed by atoms with Gasteiger partial charge >= 0.3 is 7.82 Å². The smallest absolute Gasteiger partial charge is 0.387 e. The van der Waals surface area contributed by atoms with Crippen LogP contribution in [0.25, 0.3) is 0 Å². The van der Waals surface area contributed by atoms with E-state index in [1.54, 1.807) is 6.08 Å². The summed E-state index contributed by atoms with van der Waals surface area (Å²) in [6, 6.07) is -0.863. The second-order valence-corrected chi connectivity index (χ2v) is 23.8. The van der Waals surface area contributed by atoms with Crippen LogP contribution in [0.1, 0.15) is 284 Å². The molecule has 3 atom stereocenters. The molecule has 74 heavy (non-hydrogen) atoms. The molecule has 0 fully saturated rings. The standard InChI is InChI=1S/C65H121N2O6P/c1-6-8-10-12-14-16-18-20-22-23-24-25-26-27-28-29-30-31-32-33-34-35-36-37-38-39-40-41-42-43-45-47-49-51-53-55-57-59-65(69)66-63(62-73-74(70,71)72-61-60-67(3,4)5)64(68)58-56-54-52-50-48-46-44-21-19-17-15-13-11-9-7-2/h8,10,14,16,20,22,24-25,48,50,56,58,63-64,68H,6-7,9,11-13,15,17-19,21,23,26-47,49,51-55,57,59-62H2,1-5H3,(H-,66,69,70,71)/p+1/b10-8-,16-14-,22-20-,25-24-,50-48+,58-56+. The van der Waals surface area contributed by atoms with E-state index in [4.69, 9.17) is 9.05 Å². The highest BCUT2D eigenvalue weighted by Crippen LogP contribution is 2.43. The monoisotopic (exact) mass is 1060 g/mol. The quantitative estimate of drug-likeness (QED) is 0.0243. The van der Waals surface area contributed by atoms with Gasteiger partial charge in [-0.3, -0.25) is 13.8 Å². The number of phosphoric ester groups is 1. The molecule has 0 heterocycles. The molecule has 9 heteroatoms. The number of carbonyl (C=O) groups excluding carboxylic acids is 1. The molecule has 0 spiro atoms. The second kappa shape index (κ2) is 55.7. The lowest BCUT2D eigenvalue weighted by Crippen LogP contribution is -2.45. The van der Waals surface area contributed by atoms with E-state index in [0.29, 0.717) is 17.4 Å². The Bertz CT molecular complexity index is 1430. The van der Waals surface area contributed by atoms with Gasteiger partial charge < -0.3 is 19.8 Å². The summed E-state index contributed by atoms with van der Waals surface area (Å²) in [5.74, 6) is -0.184. The van der Waals surface area contributed by atoms with Gasteiger partial charge in [-0.2, -0.15) is 0 Å². The van der Waals surface area contributed by atoms with Crippen molar-refractivity contribution in [2.45, 2.75) is 296 Å². The van der Waals surface area contributed by atoms with Crippen molar-refractivity contribution in [1.82, 2.24) is 5.32 Å². The Morgan fingerprint density at radius 2 is 0.824 bits per heavy atom. The number of aliphatic hydroxyl groups is 1. The molecule has 0 aliphatic heterocycles. The van der Waals surface area contributed by atoms with Gasteiger partial charge in [-0.05, 0) is 70.6 Å². The highest BCUT2D eigenvalue weighted by atomic mass is 31.2. The normalized spacial score (nSPS) is 14.3. The van der Waals surface area contributed by atoms with E-state index in [2.05, 4.69) is 79.9 Å². The lowest BCUT2D eigenvalue weighted by atomic mass is 10.0. The van der Waals surface area contributed by atoms with Crippen molar-refractivity contribution >= 4 is 13.7 Å². The van der Waals surface area contributed by atoms with Crippen LogP contribution in [-0.4, -0.2) is 73.4 Å². The van der Waals surface area contributed by atoms with Gasteiger partial charge in [0.2, 0.25) is 5.91 Å². The summed E-state index contributed by atoms with van der Waals surface area (Å²) < 4.78 is 23.7. The van der Waals surface area contributed by atoms with Crippen molar-refractivity contribution in [3.63, 3.8) is 0 Å². The summed E-state index contributed by atoms with van der Waals surface area (Å²) in [6.07, 6.45) is 77.5. The van der Waals surface area contributed by atoms with E-state index in [-0.39, 0.29) is 19.1 Å². The second-order valence-electron chi connectivity index (χ2n) is 22.4. The molecule has 1 amide bonds. The Balaban J connectivity index is 3.97. The SMILES string of the molecule is CC/C=C\C/C=C\C/C=C\C/C=C\CCCCCCCCCCCCCCCCCCCCCCCCCCC(=O)NC(COP(=O)(O)OCC[N+](C)(C)C)C(O)/C=C/CC/C=C/CCCCCCCCCCC. The first kappa shape index (κ1) is 71.9. The molecule has 0 bridgehead atoms. The number of nitrogens with zero attached hydrogens (tertiary/aromatic N) is 1. The zero-order chi connectivity index (χ0) is 54.2. The molecule has 0 radical (unpaired) electrons. The van der Waals surface area contributed by atoms with Crippen LogP contribution in [-0.2, 0) is 18.4 Å². The van der Waals surface area contributed by atoms with E-state index in [1.807, 2.05) is 27.2 Å². The van der Waals surface area contributed by atoms with E-state index < -0.39 is 20.0 Å². The average molecular weight is 1060 g/mol. The zero-order valence-electron chi connectivity index (χ0n) is 49.3. The molecule has 0 aliphatic rings. The van der Waals surface area contributed by atoms with Crippen LogP contribution < -0.4 is 5.32 Å². The van der Waals surface area contributed by atoms with Crippen LogP contribution in [0.2, 0.25) is 0 Å². The third-order valence-corrected chi connectivity index (χ3v) is 14.9. The molecule has 0 aromatic carbocycles. The Hall–Kier alpha value is -2.06. The van der Waals surface area contributed by atoms with Crippen molar-refractivity contribution < 1.29 is 32.9 Å². The first-order valence-electron chi connectivity index (χ1n) is 31.3. The summed E-state index contributed by atoms with van der Waals surface area (Å²) in [5, 5.41) is 13.9. The van der Waals surface area contributed by atoms with E-state index in [9.17, 15) is 19.4 Å². The average Bonchev–Trinajstić information content (AvgIpc) is 3.36. The Morgan fingerprint density at radius 1 is 0.473 bits per heavy atom. The number of quaternary nitrogens is 1. The predicted molar refractivity (Wildman–Crippen MR) is 323 cm³/mol. The van der Waals surface area contributed by atoms with Crippen molar-refractivity contribution in [3.05, 3.63) is 72.9 Å². The van der Waals surface area contributed by atoms with Gasteiger partial charge in [-0.25, -0.2) is 4.57 Å². The van der Waals surface area contributed by atoms with Crippen LogP contribution >= 0.6 is 7.82 Å². The maximum absolute atomic E-state index is 13.0. The molecular formula is C65H122N2O6P+. The molecule has 0 saturated carbocycles. The van der Waals surface area contributed by atoms with E-state index in [1.165, 1.54) is 199 Å². The van der Waals surface area contributed by atoms with Crippen LogP contribution in [0.4, 0.5) is 0 Å². The van der Waals surface area contributed by atoms with Gasteiger partial charge in [-0.15, -0.1) is 0 Å². The summed E-state index contributed by atoms with van der Waals surface area (Å²) >= 11 is 0. The molecule has 0 rings (SSSR count). The first-order valence-corrected chi connectivity index (χ1v) is 32.8. The third kappa shape index (κ3) is 57.6. The van der Waals surface area contributed by atoms with Gasteiger partial charge in [0, 0.05) is 6.42 Å². The minimum atomic E-state index is -4.35. The number of phosphoric acid groups is 1. The number of hydrogen-bond acceptors (Lipinski definition) is 5. The van der Waals surface area contributed by atoms with Crippen molar-refractivity contribution in [2.75, 3.05) is 40.9 Å². The Morgan fingerprint density at radius 3 is 1.24 bits per heavy atom. The molecule has 0 aromatic rings. The highest BCUT2D eigenvalue weighted by molar-refractivity contribution is 7.47. The lowest BCUT2D eigenvalue weighted by molar-refractivity contribution is -0.870. The van der Waals surface area contributed by atoms with E-state index >= 15 is 0 Å². The third-order valence-electron chi connectivity index (χ3n) is 13.9. The van der Waals surface area contributed by atoms with Gasteiger partial charge in [0.15, 0.2) is 0 Å². The number of amides is 1. The van der Waals surface area contributed by atoms with Gasteiger partial charge in [0.05, 0.1) is 39.9 Å². The van der Waals surface area contributed by atoms with E-state index in [0.717, 1.165) is 64.2 Å². The number of aliphatic hydroxyl groups excluding tert-OH is 1. The van der Waals surface area contributed by atoms with Crippen LogP contribution in [0, 0.1) is 0 Å². The fourth-order valence-electron chi connectivity index (χ4n) is 9.05. The van der Waals surface area contributed by atoms with Crippen LogP contribution in [0.3, 0.4) is 0 Å². The fraction of sp³-hybridized carbons (Fsp3) is 0.800. The molecule has 0 aromatic heterocycles. The molecule has 432 valence electrons. The summed E-state index contributed by atoms with van der Waals surface area (Å²) in [7, 11) is 1.56. The number of hydrogen-bond donors (Lipinski definition) is 3. The molecule has 8 nitrogen and oxygen atoms in total. The Labute approximate surface area is 459 Å². The Kier molecular flexibility index (Phi) is 54.1. The molecule has 0 saturated heterocycles. The minimum Gasteiger partial charge on any atom is -0.387 e. The maximum Gasteiger partial charge on any atom is 0.472 e. The predicted octanol–water partition coefficient (Wildman–Crippen LogP) is 19.4. The lowest BCUT2D eigenvalue weighted by Gasteiger charge is -2.25. The van der Waals surface area contributed by atoms with Gasteiger partial charge in [0.1, 0.15) is 13.2 Å². The largest absolute Gasteiger partial charge is 0.472 e. The molecular weight excluding hydrogens is 936 g/mol. The van der Waals surface area contributed by atoms with Crippen LogP contribution in [0.15, 0.2) is 72.9 Å². The van der Waals surface area contributed by atoms with Gasteiger partial charge in [-0.1, -0.05) is 279 Å². The van der Waals surface area contributed by atoms with Crippen molar-refractivity contribution in [1.29, 1.82) is 0 Å². The highest BCUT2D eigenvalue weighted by Gasteiger charge is 2.27. The molecule has 3 unspecified atom stereocenters. The van der Waals surface area contributed by atoms with Gasteiger partial charge in [0.25, 0.3) is 0 Å². The zero-order valence-corrected chi connectivity index (χ0v) is 50.2. The van der Waals surface area contributed by atoms with Crippen molar-refractivity contribution in [2.24, 2.45) is 0 Å². The van der Waals surface area contributed by atoms with Crippen molar-refractivity contribution in [3.8, 4) is 0 Å². The number of nitrogens with one attached hydrogen (secondary N) is 1. The van der Waals surface area contributed by atoms with Crippen LogP contribution in [0.5, 0.6) is 0 Å². The fourth-order valence-corrected chi connectivity index (χ4v) is 9.79. The topological polar surface area (TPSA) is 105 Å². The summed E-state index contributed by atoms with van der Waals surface area (Å²) in [5.41, 5.74) is 0. The maximum atomic E-state index is 13.0. The number of allylic oxidation sites excluding steroid dienone is 11. The number of rotatable bonds is 57. The number of carbonyl (C=O) groups is 1.